The van der Waals surface area contributed by atoms with E-state index in [0.29, 0.717) is 11.3 Å². The molecule has 1 saturated heterocycles. The SMILES string of the molecule is O=C(O)[C@@H]1O[C@H](n2cc(-c3ccc(F)cc3)nn2)[C@H](O)[C@@H](O)[C@@H]1O. The summed E-state index contributed by atoms with van der Waals surface area (Å²) in [6, 6.07) is 5.42. The number of nitrogens with zero attached hydrogens (tertiary/aromatic N) is 3. The van der Waals surface area contributed by atoms with E-state index in [1.807, 2.05) is 0 Å². The summed E-state index contributed by atoms with van der Waals surface area (Å²) in [5, 5.41) is 46.1. The lowest BCUT2D eigenvalue weighted by Crippen LogP contribution is -2.57. The Kier molecular flexibility index (Phi) is 4.28. The van der Waals surface area contributed by atoms with Gasteiger partial charge in [-0.2, -0.15) is 0 Å². The molecule has 0 spiro atoms. The van der Waals surface area contributed by atoms with Gasteiger partial charge in [0.2, 0.25) is 0 Å². The highest BCUT2D eigenvalue weighted by Gasteiger charge is 2.48. The minimum atomic E-state index is -1.78. The van der Waals surface area contributed by atoms with Crippen LogP contribution in [0.5, 0.6) is 0 Å². The van der Waals surface area contributed by atoms with E-state index in [-0.39, 0.29) is 0 Å². The first-order chi connectivity index (χ1) is 11.4. The smallest absolute Gasteiger partial charge is 0.335 e. The van der Waals surface area contributed by atoms with Crippen LogP contribution in [0, 0.1) is 5.82 Å². The van der Waals surface area contributed by atoms with Crippen LogP contribution in [0.4, 0.5) is 4.39 Å². The first kappa shape index (κ1) is 16.5. The summed E-state index contributed by atoms with van der Waals surface area (Å²) in [7, 11) is 0. The maximum absolute atomic E-state index is 12.9. The van der Waals surface area contributed by atoms with Crippen molar-refractivity contribution in [2.75, 3.05) is 0 Å². The molecule has 5 atom stereocenters. The van der Waals surface area contributed by atoms with Crippen molar-refractivity contribution in [2.45, 2.75) is 30.6 Å². The zero-order valence-corrected chi connectivity index (χ0v) is 12.1. The Balaban J connectivity index is 1.88. The molecule has 0 aliphatic carbocycles. The predicted molar refractivity (Wildman–Crippen MR) is 75.0 cm³/mol. The summed E-state index contributed by atoms with van der Waals surface area (Å²) in [4.78, 5) is 11.1. The van der Waals surface area contributed by atoms with Gasteiger partial charge in [-0.05, 0) is 24.3 Å². The van der Waals surface area contributed by atoms with Crippen LogP contribution < -0.4 is 0 Å². The van der Waals surface area contributed by atoms with Crippen LogP contribution in [0.1, 0.15) is 6.23 Å². The largest absolute Gasteiger partial charge is 0.479 e. The van der Waals surface area contributed by atoms with Crippen molar-refractivity contribution in [2.24, 2.45) is 0 Å². The van der Waals surface area contributed by atoms with Crippen molar-refractivity contribution in [1.82, 2.24) is 15.0 Å². The Morgan fingerprint density at radius 1 is 1.12 bits per heavy atom. The van der Waals surface area contributed by atoms with Gasteiger partial charge >= 0.3 is 5.97 Å². The van der Waals surface area contributed by atoms with Gasteiger partial charge < -0.3 is 25.2 Å². The topological polar surface area (TPSA) is 138 Å². The van der Waals surface area contributed by atoms with Gasteiger partial charge in [0.15, 0.2) is 12.3 Å². The zero-order chi connectivity index (χ0) is 17.4. The predicted octanol–water partition coefficient (Wildman–Crippen LogP) is -0.851. The molecule has 1 fully saturated rings. The molecule has 0 radical (unpaired) electrons. The first-order valence-corrected chi connectivity index (χ1v) is 6.98. The fourth-order valence-electron chi connectivity index (χ4n) is 2.44. The number of aliphatic hydroxyl groups excluding tert-OH is 3. The molecule has 128 valence electrons. The highest BCUT2D eigenvalue weighted by Crippen LogP contribution is 2.29. The van der Waals surface area contributed by atoms with Crippen molar-refractivity contribution in [3.8, 4) is 11.3 Å². The van der Waals surface area contributed by atoms with Crippen LogP contribution in [-0.4, -0.2) is 65.8 Å². The molecule has 1 aliphatic heterocycles. The van der Waals surface area contributed by atoms with E-state index in [9.17, 15) is 24.5 Å². The fourth-order valence-corrected chi connectivity index (χ4v) is 2.44. The van der Waals surface area contributed by atoms with Crippen LogP contribution in [-0.2, 0) is 9.53 Å². The average Bonchev–Trinajstić information content (AvgIpc) is 3.03. The van der Waals surface area contributed by atoms with Crippen molar-refractivity contribution in [1.29, 1.82) is 0 Å². The normalized spacial score (nSPS) is 30.2. The molecule has 1 aromatic carbocycles. The van der Waals surface area contributed by atoms with E-state index >= 15 is 0 Å². The number of benzene rings is 1. The number of carboxylic acid groups (broad SMARTS) is 1. The maximum Gasteiger partial charge on any atom is 0.335 e. The van der Waals surface area contributed by atoms with E-state index in [1.54, 1.807) is 0 Å². The Bertz CT molecular complexity index is 736. The third-order valence-electron chi connectivity index (χ3n) is 3.74. The quantitative estimate of drug-likeness (QED) is 0.567. The lowest BCUT2D eigenvalue weighted by molar-refractivity contribution is -0.249. The van der Waals surface area contributed by atoms with Crippen molar-refractivity contribution in [3.05, 3.63) is 36.3 Å². The summed E-state index contributed by atoms with van der Waals surface area (Å²) in [6.45, 7) is 0. The van der Waals surface area contributed by atoms with Crippen LogP contribution in [0.25, 0.3) is 11.3 Å². The third kappa shape index (κ3) is 2.87. The van der Waals surface area contributed by atoms with Crippen molar-refractivity contribution >= 4 is 5.97 Å². The monoisotopic (exact) mass is 339 g/mol. The number of hydrogen-bond donors (Lipinski definition) is 4. The molecule has 0 amide bonds. The zero-order valence-electron chi connectivity index (χ0n) is 12.1. The number of aromatic nitrogens is 3. The second kappa shape index (κ2) is 6.24. The molecular weight excluding hydrogens is 325 g/mol. The van der Waals surface area contributed by atoms with E-state index in [0.717, 1.165) is 4.68 Å². The van der Waals surface area contributed by atoms with Gasteiger partial charge in [0, 0.05) is 5.56 Å². The van der Waals surface area contributed by atoms with Crippen molar-refractivity contribution in [3.63, 3.8) is 0 Å². The van der Waals surface area contributed by atoms with Crippen LogP contribution in [0.15, 0.2) is 30.5 Å². The molecule has 24 heavy (non-hydrogen) atoms. The van der Waals surface area contributed by atoms with Crippen LogP contribution in [0.2, 0.25) is 0 Å². The second-order valence-electron chi connectivity index (χ2n) is 5.35. The molecule has 1 aromatic heterocycles. The second-order valence-corrected chi connectivity index (χ2v) is 5.35. The van der Waals surface area contributed by atoms with E-state index in [2.05, 4.69) is 10.3 Å². The highest BCUT2D eigenvalue weighted by molar-refractivity contribution is 5.73. The Morgan fingerprint density at radius 2 is 1.79 bits per heavy atom. The molecular formula is C14H14FN3O6. The first-order valence-electron chi connectivity index (χ1n) is 6.98. The van der Waals surface area contributed by atoms with Gasteiger partial charge in [-0.1, -0.05) is 5.21 Å². The van der Waals surface area contributed by atoms with Gasteiger partial charge in [-0.3, -0.25) is 0 Å². The third-order valence-corrected chi connectivity index (χ3v) is 3.74. The van der Waals surface area contributed by atoms with Gasteiger partial charge in [0.1, 0.15) is 29.8 Å². The van der Waals surface area contributed by atoms with E-state index < -0.39 is 42.4 Å². The standard InChI is InChI=1S/C14H14FN3O6/c15-7-3-1-6(2-4-7)8-5-18(17-16-8)13-11(21)9(19)10(20)12(24-13)14(22)23/h1-5,9-13,19-21H,(H,22,23)/t9-,10-,11+,12+,13-/m0/s1. The van der Waals surface area contributed by atoms with Gasteiger partial charge in [-0.25, -0.2) is 13.9 Å². The molecule has 4 N–H and O–H groups in total. The fraction of sp³-hybridized carbons (Fsp3) is 0.357. The van der Waals surface area contributed by atoms with Gasteiger partial charge in [-0.15, -0.1) is 5.10 Å². The number of aliphatic hydroxyl groups is 3. The molecule has 3 rings (SSSR count). The minimum absolute atomic E-state index is 0.332. The summed E-state index contributed by atoms with van der Waals surface area (Å²) in [6.07, 6.45) is -6.86. The minimum Gasteiger partial charge on any atom is -0.479 e. The number of hydrogen-bond acceptors (Lipinski definition) is 7. The molecule has 1 aliphatic rings. The summed E-state index contributed by atoms with van der Waals surface area (Å²) >= 11 is 0. The Hall–Kier alpha value is -2.40. The highest BCUT2D eigenvalue weighted by atomic mass is 19.1. The summed E-state index contributed by atoms with van der Waals surface area (Å²) in [5.41, 5.74) is 0.876. The van der Waals surface area contributed by atoms with Crippen LogP contribution >= 0.6 is 0 Å². The Morgan fingerprint density at radius 3 is 2.42 bits per heavy atom. The molecule has 10 heteroatoms. The molecule has 0 bridgehead atoms. The van der Waals surface area contributed by atoms with E-state index in [4.69, 9.17) is 9.84 Å². The number of ether oxygens (including phenoxy) is 1. The van der Waals surface area contributed by atoms with Crippen molar-refractivity contribution < 1.29 is 34.3 Å². The lowest BCUT2D eigenvalue weighted by atomic mass is 9.98. The Labute approximate surface area is 134 Å². The molecule has 0 unspecified atom stereocenters. The lowest BCUT2D eigenvalue weighted by Gasteiger charge is -2.38. The summed E-state index contributed by atoms with van der Waals surface area (Å²) < 4.78 is 19.1. The number of aliphatic carboxylic acids is 1. The van der Waals surface area contributed by atoms with E-state index in [1.165, 1.54) is 30.5 Å². The van der Waals surface area contributed by atoms with Gasteiger partial charge in [0.05, 0.1) is 6.20 Å². The van der Waals surface area contributed by atoms with Gasteiger partial charge in [0.25, 0.3) is 0 Å². The number of rotatable bonds is 3. The maximum atomic E-state index is 12.9. The molecule has 9 nitrogen and oxygen atoms in total. The molecule has 2 heterocycles. The average molecular weight is 339 g/mol. The number of carbonyl (C=O) groups is 1. The van der Waals surface area contributed by atoms with Crippen LogP contribution in [0.3, 0.4) is 0 Å². The molecule has 0 saturated carbocycles. The number of halogens is 1. The molecule has 2 aromatic rings. The number of carboxylic acids is 1. The summed E-state index contributed by atoms with van der Waals surface area (Å²) in [5.74, 6) is -1.91.